The van der Waals surface area contributed by atoms with E-state index in [1.165, 1.54) is 11.8 Å². The van der Waals surface area contributed by atoms with Crippen LogP contribution in [0, 0.1) is 0 Å². The maximum atomic E-state index is 11.5. The van der Waals surface area contributed by atoms with Gasteiger partial charge in [-0.3, -0.25) is 9.48 Å². The molecule has 0 unspecified atom stereocenters. The minimum atomic E-state index is -0.482. The van der Waals surface area contributed by atoms with Crippen LogP contribution in [-0.4, -0.2) is 31.9 Å². The van der Waals surface area contributed by atoms with Crippen molar-refractivity contribution in [1.29, 1.82) is 0 Å². The van der Waals surface area contributed by atoms with Gasteiger partial charge in [-0.1, -0.05) is 11.8 Å². The molecule has 2 heterocycles. The molecule has 1 amide bonds. The smallest absolute Gasteiger partial charge is 0.269 e. The third-order valence-corrected chi connectivity index (χ3v) is 4.06. The fraction of sp³-hybridized carbons (Fsp3) is 0.385. The Balaban J connectivity index is 2.28. The van der Waals surface area contributed by atoms with Crippen LogP contribution in [0.25, 0.3) is 11.4 Å². The van der Waals surface area contributed by atoms with Gasteiger partial charge in [0.25, 0.3) is 5.91 Å². The summed E-state index contributed by atoms with van der Waals surface area (Å²) in [6.45, 7) is 0. The lowest BCUT2D eigenvalue weighted by atomic mass is 10.1. The van der Waals surface area contributed by atoms with Crippen LogP contribution in [-0.2, 0) is 19.9 Å². The highest BCUT2D eigenvalue weighted by atomic mass is 32.2. The molecular weight excluding hydrogens is 274 g/mol. The molecule has 6 nitrogen and oxygen atoms in total. The van der Waals surface area contributed by atoms with Crippen LogP contribution in [0.15, 0.2) is 11.4 Å². The summed E-state index contributed by atoms with van der Waals surface area (Å²) in [6, 6.07) is 0. The fourth-order valence-electron chi connectivity index (χ4n) is 2.63. The van der Waals surface area contributed by atoms with Crippen molar-refractivity contribution >= 4 is 17.7 Å². The van der Waals surface area contributed by atoms with Crippen LogP contribution in [0.1, 0.15) is 28.0 Å². The Kier molecular flexibility index (Phi) is 3.21. The third kappa shape index (κ3) is 1.98. The molecule has 2 N–H and O–H groups in total. The Morgan fingerprint density at radius 3 is 2.95 bits per heavy atom. The van der Waals surface area contributed by atoms with Crippen LogP contribution >= 0.6 is 11.8 Å². The highest BCUT2D eigenvalue weighted by Gasteiger charge is 2.26. The van der Waals surface area contributed by atoms with Crippen molar-refractivity contribution in [1.82, 2.24) is 19.7 Å². The number of hydrogen-bond donors (Lipinski definition) is 1. The van der Waals surface area contributed by atoms with E-state index in [0.717, 1.165) is 46.9 Å². The van der Waals surface area contributed by atoms with Crippen LogP contribution in [0.3, 0.4) is 0 Å². The first-order chi connectivity index (χ1) is 9.61. The normalized spacial score (nSPS) is 13.5. The largest absolute Gasteiger partial charge is 0.364 e. The molecule has 1 aliphatic carbocycles. The summed E-state index contributed by atoms with van der Waals surface area (Å²) in [4.78, 5) is 20.5. The molecular formula is C13H15N5OS. The van der Waals surface area contributed by atoms with Crippen molar-refractivity contribution < 1.29 is 4.79 Å². The Bertz CT molecular complexity index is 694. The third-order valence-electron chi connectivity index (χ3n) is 3.50. The van der Waals surface area contributed by atoms with Crippen LogP contribution < -0.4 is 5.73 Å². The summed E-state index contributed by atoms with van der Waals surface area (Å²) in [5.41, 5.74) is 9.56. The predicted octanol–water partition coefficient (Wildman–Crippen LogP) is 1.19. The number of rotatable bonds is 2. The van der Waals surface area contributed by atoms with Crippen molar-refractivity contribution in [2.75, 3.05) is 6.26 Å². The summed E-state index contributed by atoms with van der Waals surface area (Å²) in [5, 5.41) is 4.98. The lowest BCUT2D eigenvalue weighted by Crippen LogP contribution is -2.14. The fourth-order valence-corrected chi connectivity index (χ4v) is 2.97. The molecule has 0 spiro atoms. The van der Waals surface area contributed by atoms with Crippen molar-refractivity contribution in [2.45, 2.75) is 24.4 Å². The minimum Gasteiger partial charge on any atom is -0.364 e. The van der Waals surface area contributed by atoms with Gasteiger partial charge < -0.3 is 5.73 Å². The number of nitrogens with two attached hydrogens (primary N) is 1. The molecule has 104 valence electrons. The quantitative estimate of drug-likeness (QED) is 0.663. The number of fused-ring (bicyclic) bond motifs is 3. The average Bonchev–Trinajstić information content (AvgIpc) is 2.65. The van der Waals surface area contributed by atoms with Gasteiger partial charge in [-0.15, -0.1) is 0 Å². The number of carbonyl (C=O) groups excluding carboxylic acids is 1. The van der Waals surface area contributed by atoms with Crippen molar-refractivity contribution in [2.24, 2.45) is 12.8 Å². The molecule has 3 rings (SSSR count). The van der Waals surface area contributed by atoms with Gasteiger partial charge in [0.1, 0.15) is 0 Å². The Hall–Kier alpha value is -1.89. The first-order valence-electron chi connectivity index (χ1n) is 6.37. The number of aromatic nitrogens is 4. The van der Waals surface area contributed by atoms with Crippen molar-refractivity contribution in [3.63, 3.8) is 0 Å². The second kappa shape index (κ2) is 4.90. The first kappa shape index (κ1) is 13.1. The molecule has 0 radical (unpaired) electrons. The predicted molar refractivity (Wildman–Crippen MR) is 76.6 cm³/mol. The van der Waals surface area contributed by atoms with Gasteiger partial charge in [0.2, 0.25) is 0 Å². The van der Waals surface area contributed by atoms with Gasteiger partial charge in [0.05, 0.1) is 11.4 Å². The number of hydrogen-bond acceptors (Lipinski definition) is 5. The average molecular weight is 289 g/mol. The van der Waals surface area contributed by atoms with Gasteiger partial charge in [0, 0.05) is 18.8 Å². The summed E-state index contributed by atoms with van der Waals surface area (Å²) in [7, 11) is 1.82. The lowest BCUT2D eigenvalue weighted by Gasteiger charge is -2.07. The van der Waals surface area contributed by atoms with E-state index >= 15 is 0 Å². The number of amides is 1. The molecule has 0 aromatic carbocycles. The molecule has 2 aromatic heterocycles. The summed E-state index contributed by atoms with van der Waals surface area (Å²) < 4.78 is 1.71. The zero-order chi connectivity index (χ0) is 14.3. The van der Waals surface area contributed by atoms with E-state index in [0.29, 0.717) is 5.69 Å². The maximum absolute atomic E-state index is 11.5. The molecule has 20 heavy (non-hydrogen) atoms. The number of thioether (sulfide) groups is 1. The molecule has 0 aliphatic heterocycles. The van der Waals surface area contributed by atoms with E-state index in [4.69, 9.17) is 5.73 Å². The molecule has 0 saturated heterocycles. The molecule has 0 bridgehead atoms. The van der Waals surface area contributed by atoms with E-state index in [1.54, 1.807) is 4.68 Å². The van der Waals surface area contributed by atoms with Gasteiger partial charge >= 0.3 is 0 Å². The molecule has 1 aliphatic rings. The van der Waals surface area contributed by atoms with Crippen molar-refractivity contribution in [3.05, 3.63) is 23.0 Å². The molecule has 0 fully saturated rings. The highest BCUT2D eigenvalue weighted by molar-refractivity contribution is 7.98. The van der Waals surface area contributed by atoms with E-state index in [-0.39, 0.29) is 0 Å². The Labute approximate surface area is 120 Å². The molecule has 7 heteroatoms. The number of primary amides is 1. The van der Waals surface area contributed by atoms with Crippen molar-refractivity contribution in [3.8, 4) is 11.4 Å². The topological polar surface area (TPSA) is 86.7 Å². The molecule has 0 atom stereocenters. The van der Waals surface area contributed by atoms with Gasteiger partial charge in [-0.25, -0.2) is 9.97 Å². The number of nitrogens with zero attached hydrogens (tertiary/aromatic N) is 4. The molecule has 2 aromatic rings. The highest BCUT2D eigenvalue weighted by Crippen LogP contribution is 2.33. The van der Waals surface area contributed by atoms with Crippen LogP contribution in [0.2, 0.25) is 0 Å². The second-order valence-electron chi connectivity index (χ2n) is 4.75. The molecule has 0 saturated carbocycles. The summed E-state index contributed by atoms with van der Waals surface area (Å²) >= 11 is 1.50. The Morgan fingerprint density at radius 2 is 2.25 bits per heavy atom. The van der Waals surface area contributed by atoms with Crippen LogP contribution in [0.5, 0.6) is 0 Å². The second-order valence-corrected chi connectivity index (χ2v) is 5.52. The SMILES string of the molecule is CSc1ncc2c(n1)-c1c(c(C(N)=O)nn1C)CCC2. The van der Waals surface area contributed by atoms with E-state index in [9.17, 15) is 4.79 Å². The minimum absolute atomic E-state index is 0.361. The van der Waals surface area contributed by atoms with Gasteiger partial charge in [0.15, 0.2) is 10.9 Å². The summed E-state index contributed by atoms with van der Waals surface area (Å²) in [5.74, 6) is -0.482. The first-order valence-corrected chi connectivity index (χ1v) is 7.60. The van der Waals surface area contributed by atoms with E-state index in [1.807, 2.05) is 19.5 Å². The van der Waals surface area contributed by atoms with E-state index < -0.39 is 5.91 Å². The zero-order valence-electron chi connectivity index (χ0n) is 11.4. The van der Waals surface area contributed by atoms with Gasteiger partial charge in [-0.2, -0.15) is 5.10 Å². The monoisotopic (exact) mass is 289 g/mol. The number of carbonyl (C=O) groups is 1. The van der Waals surface area contributed by atoms with E-state index in [2.05, 4.69) is 15.1 Å². The number of aryl methyl sites for hydroxylation is 2. The maximum Gasteiger partial charge on any atom is 0.269 e. The summed E-state index contributed by atoms with van der Waals surface area (Å²) in [6.07, 6.45) is 6.44. The standard InChI is InChI=1S/C13H15N5OS/c1-18-11-8(10(17-18)12(14)19)5-3-4-7-6-15-13(20-2)16-9(7)11/h6H,3-5H2,1-2H3,(H2,14,19). The lowest BCUT2D eigenvalue weighted by molar-refractivity contribution is 0.0994. The van der Waals surface area contributed by atoms with Crippen LogP contribution in [0.4, 0.5) is 0 Å². The Morgan fingerprint density at radius 1 is 1.45 bits per heavy atom. The van der Waals surface area contributed by atoms with Gasteiger partial charge in [-0.05, 0) is 31.1 Å². The zero-order valence-corrected chi connectivity index (χ0v) is 12.2.